The summed E-state index contributed by atoms with van der Waals surface area (Å²) in [6, 6.07) is 9.14. The first-order valence-electron chi connectivity index (χ1n) is 6.83. The molecule has 2 nitrogen and oxygen atoms in total. The van der Waals surface area contributed by atoms with Crippen LogP contribution in [0, 0.1) is 13.8 Å². The number of thiophene rings is 1. The fourth-order valence-corrected chi connectivity index (χ4v) is 3.36. The van der Waals surface area contributed by atoms with E-state index in [0.29, 0.717) is 6.04 Å². The number of nitrogens with one attached hydrogen (secondary N) is 1. The Bertz CT molecular complexity index is 545. The van der Waals surface area contributed by atoms with Crippen molar-refractivity contribution in [2.24, 2.45) is 0 Å². The predicted molar refractivity (Wildman–Crippen MR) is 82.9 cm³/mol. The molecule has 3 heteroatoms. The van der Waals surface area contributed by atoms with E-state index in [1.165, 1.54) is 15.3 Å². The van der Waals surface area contributed by atoms with E-state index in [0.717, 1.165) is 24.2 Å². The van der Waals surface area contributed by atoms with E-state index >= 15 is 0 Å². The topological polar surface area (TPSA) is 24.9 Å². The van der Waals surface area contributed by atoms with Gasteiger partial charge in [0.05, 0.1) is 0 Å². The molecule has 19 heavy (non-hydrogen) atoms. The van der Waals surface area contributed by atoms with Crippen molar-refractivity contribution >= 4 is 11.3 Å². The van der Waals surface area contributed by atoms with E-state index < -0.39 is 0 Å². The normalized spacial score (nSPS) is 12.6. The van der Waals surface area contributed by atoms with Gasteiger partial charge in [0.1, 0.15) is 0 Å². The Morgan fingerprint density at radius 1 is 1.16 bits per heavy atom. The van der Waals surface area contributed by atoms with Gasteiger partial charge in [-0.3, -0.25) is 4.98 Å². The lowest BCUT2D eigenvalue weighted by molar-refractivity contribution is 0.590. The van der Waals surface area contributed by atoms with Crippen LogP contribution in [0.15, 0.2) is 24.3 Å². The van der Waals surface area contributed by atoms with Gasteiger partial charge in [-0.2, -0.15) is 0 Å². The van der Waals surface area contributed by atoms with Gasteiger partial charge in [-0.1, -0.05) is 13.0 Å². The van der Waals surface area contributed by atoms with E-state index in [9.17, 15) is 0 Å². The molecule has 0 saturated heterocycles. The molecule has 0 saturated carbocycles. The molecule has 1 atom stereocenters. The Kier molecular flexibility index (Phi) is 4.72. The summed E-state index contributed by atoms with van der Waals surface area (Å²) in [7, 11) is 2.03. The van der Waals surface area contributed by atoms with Crippen LogP contribution in [0.3, 0.4) is 0 Å². The lowest BCUT2D eigenvalue weighted by Gasteiger charge is -2.18. The molecule has 2 aromatic rings. The zero-order valence-electron chi connectivity index (χ0n) is 12.2. The molecule has 0 aliphatic heterocycles. The molecule has 0 aromatic carbocycles. The number of likely N-dealkylation sites (N-methyl/N-ethyl adjacent to an activating group) is 1. The van der Waals surface area contributed by atoms with Crippen molar-refractivity contribution in [1.82, 2.24) is 10.3 Å². The summed E-state index contributed by atoms with van der Waals surface area (Å²) < 4.78 is 0. The number of rotatable bonds is 5. The SMILES string of the molecule is CCc1ccc(CC(NC)c2ccc(C)nc2C)s1. The molecule has 1 unspecified atom stereocenters. The highest BCUT2D eigenvalue weighted by Gasteiger charge is 2.14. The molecule has 0 spiro atoms. The minimum Gasteiger partial charge on any atom is -0.313 e. The number of aryl methyl sites for hydroxylation is 3. The van der Waals surface area contributed by atoms with Gasteiger partial charge in [0.2, 0.25) is 0 Å². The van der Waals surface area contributed by atoms with Crippen LogP contribution in [0.4, 0.5) is 0 Å². The molecule has 102 valence electrons. The Balaban J connectivity index is 2.19. The zero-order chi connectivity index (χ0) is 13.8. The van der Waals surface area contributed by atoms with Crippen LogP contribution in [-0.2, 0) is 12.8 Å². The maximum Gasteiger partial charge on any atom is 0.0423 e. The fourth-order valence-electron chi connectivity index (χ4n) is 2.36. The minimum absolute atomic E-state index is 0.344. The van der Waals surface area contributed by atoms with Crippen molar-refractivity contribution in [1.29, 1.82) is 0 Å². The van der Waals surface area contributed by atoms with Gasteiger partial charge in [0.25, 0.3) is 0 Å². The third-order valence-corrected chi connectivity index (χ3v) is 4.71. The Morgan fingerprint density at radius 3 is 2.47 bits per heavy atom. The quantitative estimate of drug-likeness (QED) is 0.896. The first kappa shape index (κ1) is 14.2. The lowest BCUT2D eigenvalue weighted by atomic mass is 10.0. The second kappa shape index (κ2) is 6.31. The van der Waals surface area contributed by atoms with Crippen molar-refractivity contribution in [3.63, 3.8) is 0 Å². The third kappa shape index (κ3) is 3.43. The molecule has 2 rings (SSSR count). The van der Waals surface area contributed by atoms with Crippen LogP contribution in [0.1, 0.15) is 39.7 Å². The molecule has 0 fully saturated rings. The van der Waals surface area contributed by atoms with Crippen molar-refractivity contribution in [2.75, 3.05) is 7.05 Å². The molecule has 0 aliphatic carbocycles. The maximum atomic E-state index is 4.57. The van der Waals surface area contributed by atoms with E-state index in [4.69, 9.17) is 0 Å². The number of hydrogen-bond acceptors (Lipinski definition) is 3. The first-order chi connectivity index (χ1) is 9.13. The molecule has 0 aliphatic rings. The monoisotopic (exact) mass is 274 g/mol. The van der Waals surface area contributed by atoms with Gasteiger partial charge in [-0.05, 0) is 51.1 Å². The first-order valence-corrected chi connectivity index (χ1v) is 7.64. The number of aromatic nitrogens is 1. The molecule has 0 radical (unpaired) electrons. The smallest absolute Gasteiger partial charge is 0.0423 e. The highest BCUT2D eigenvalue weighted by Crippen LogP contribution is 2.25. The van der Waals surface area contributed by atoms with Gasteiger partial charge in [-0.15, -0.1) is 11.3 Å². The fraction of sp³-hybridized carbons (Fsp3) is 0.438. The molecular weight excluding hydrogens is 252 g/mol. The van der Waals surface area contributed by atoms with Crippen LogP contribution in [0.25, 0.3) is 0 Å². The molecule has 2 aromatic heterocycles. The van der Waals surface area contributed by atoms with Crippen LogP contribution in [-0.4, -0.2) is 12.0 Å². The van der Waals surface area contributed by atoms with Gasteiger partial charge >= 0.3 is 0 Å². The second-order valence-electron chi connectivity index (χ2n) is 4.89. The standard InChI is InChI=1S/C16H22N2S/c1-5-13-7-8-14(19-13)10-16(17-4)15-9-6-11(2)18-12(15)3/h6-9,16-17H,5,10H2,1-4H3. The molecule has 0 bridgehead atoms. The van der Waals surface area contributed by atoms with Gasteiger partial charge < -0.3 is 5.32 Å². The summed E-state index contributed by atoms with van der Waals surface area (Å²) in [6.45, 7) is 6.34. The van der Waals surface area contributed by atoms with Crippen LogP contribution in [0.5, 0.6) is 0 Å². The zero-order valence-corrected chi connectivity index (χ0v) is 13.0. The average molecular weight is 274 g/mol. The van der Waals surface area contributed by atoms with E-state index in [-0.39, 0.29) is 0 Å². The van der Waals surface area contributed by atoms with Gasteiger partial charge in [0.15, 0.2) is 0 Å². The summed E-state index contributed by atoms with van der Waals surface area (Å²) in [5.41, 5.74) is 3.52. The largest absolute Gasteiger partial charge is 0.313 e. The van der Waals surface area contributed by atoms with Crippen LogP contribution < -0.4 is 5.32 Å². The Hall–Kier alpha value is -1.19. The second-order valence-corrected chi connectivity index (χ2v) is 6.15. The van der Waals surface area contributed by atoms with Crippen molar-refractivity contribution in [3.8, 4) is 0 Å². The minimum atomic E-state index is 0.344. The number of pyridine rings is 1. The summed E-state index contributed by atoms with van der Waals surface area (Å²) in [5.74, 6) is 0. The van der Waals surface area contributed by atoms with Crippen molar-refractivity contribution < 1.29 is 0 Å². The van der Waals surface area contributed by atoms with Crippen LogP contribution >= 0.6 is 11.3 Å². The Labute approximate surface area is 119 Å². The van der Waals surface area contributed by atoms with Gasteiger partial charge in [-0.25, -0.2) is 0 Å². The number of hydrogen-bond donors (Lipinski definition) is 1. The number of nitrogens with zero attached hydrogens (tertiary/aromatic N) is 1. The van der Waals surface area contributed by atoms with Crippen molar-refractivity contribution in [2.45, 2.75) is 39.7 Å². The lowest BCUT2D eigenvalue weighted by Crippen LogP contribution is -2.20. The highest BCUT2D eigenvalue weighted by molar-refractivity contribution is 7.11. The van der Waals surface area contributed by atoms with E-state index in [2.05, 4.69) is 48.4 Å². The average Bonchev–Trinajstić information content (AvgIpc) is 2.84. The van der Waals surface area contributed by atoms with E-state index in [1.54, 1.807) is 0 Å². The van der Waals surface area contributed by atoms with Crippen molar-refractivity contribution in [3.05, 3.63) is 51.0 Å². The summed E-state index contributed by atoms with van der Waals surface area (Å²) in [5, 5.41) is 3.42. The Morgan fingerprint density at radius 2 is 1.89 bits per heavy atom. The highest BCUT2D eigenvalue weighted by atomic mass is 32.1. The molecular formula is C16H22N2S. The van der Waals surface area contributed by atoms with Gasteiger partial charge in [0, 0.05) is 33.6 Å². The van der Waals surface area contributed by atoms with E-state index in [1.807, 2.05) is 25.3 Å². The molecule has 0 amide bonds. The summed E-state index contributed by atoms with van der Waals surface area (Å²) in [6.07, 6.45) is 2.16. The maximum absolute atomic E-state index is 4.57. The van der Waals surface area contributed by atoms with Crippen LogP contribution in [0.2, 0.25) is 0 Å². The molecule has 1 N–H and O–H groups in total. The predicted octanol–water partition coefficient (Wildman–Crippen LogP) is 3.83. The molecule has 2 heterocycles. The third-order valence-electron chi connectivity index (χ3n) is 3.46. The summed E-state index contributed by atoms with van der Waals surface area (Å²) in [4.78, 5) is 7.47. The summed E-state index contributed by atoms with van der Waals surface area (Å²) >= 11 is 1.92.